The van der Waals surface area contributed by atoms with Gasteiger partial charge in [-0.25, -0.2) is 0 Å². The number of hydrogen-bond acceptors (Lipinski definition) is 1. The van der Waals surface area contributed by atoms with E-state index in [4.69, 9.17) is 5.26 Å². The summed E-state index contributed by atoms with van der Waals surface area (Å²) in [5.41, 5.74) is 2.21. The fourth-order valence-corrected chi connectivity index (χ4v) is 5.59. The third-order valence-electron chi connectivity index (χ3n) is 7.62. The Kier molecular flexibility index (Phi) is 9.33. The highest BCUT2D eigenvalue weighted by Gasteiger charge is 2.22. The zero-order valence-electron chi connectivity index (χ0n) is 18.6. The normalized spacial score (nSPS) is 27.7. The number of allylic oxidation sites excluding steroid dienone is 2. The quantitative estimate of drug-likeness (QED) is 0.305. The Morgan fingerprint density at radius 1 is 0.862 bits per heavy atom. The van der Waals surface area contributed by atoms with Crippen LogP contribution in [0.25, 0.3) is 0 Å². The minimum absolute atomic E-state index is 0.710. The van der Waals surface area contributed by atoms with Gasteiger partial charge in [-0.3, -0.25) is 0 Å². The van der Waals surface area contributed by atoms with Crippen molar-refractivity contribution in [1.29, 1.82) is 5.26 Å². The highest BCUT2D eigenvalue weighted by Crippen LogP contribution is 2.38. The lowest BCUT2D eigenvalue weighted by molar-refractivity contribution is 0.288. The van der Waals surface area contributed by atoms with Crippen molar-refractivity contribution in [2.75, 3.05) is 0 Å². The standard InChI is InChI=1S/C28H41N/c1-2-3-4-7-23-10-12-24(13-11-23)8-5-6-9-25-14-18-27(19-15-25)28-20-16-26(22-29)17-21-28/h5,8,16-17,20-21,23-25,27H,2-4,6-7,9-15,18-19H2,1H3/b8-5+. The first-order valence-corrected chi connectivity index (χ1v) is 12.4. The number of hydrogen-bond donors (Lipinski definition) is 0. The van der Waals surface area contributed by atoms with Gasteiger partial charge in [-0.15, -0.1) is 0 Å². The average Bonchev–Trinajstić information content (AvgIpc) is 2.78. The van der Waals surface area contributed by atoms with Crippen molar-refractivity contribution in [2.24, 2.45) is 17.8 Å². The van der Waals surface area contributed by atoms with Crippen LogP contribution in [0.1, 0.15) is 114 Å². The average molecular weight is 392 g/mol. The van der Waals surface area contributed by atoms with Crippen LogP contribution in [0.3, 0.4) is 0 Å². The van der Waals surface area contributed by atoms with E-state index in [1.807, 2.05) is 12.1 Å². The minimum Gasteiger partial charge on any atom is -0.192 e. The molecule has 1 aromatic rings. The molecule has 29 heavy (non-hydrogen) atoms. The molecule has 0 bridgehead atoms. The van der Waals surface area contributed by atoms with Crippen LogP contribution in [0, 0.1) is 29.1 Å². The molecule has 2 aliphatic rings. The lowest BCUT2D eigenvalue weighted by atomic mass is 9.77. The summed E-state index contributed by atoms with van der Waals surface area (Å²) in [5, 5.41) is 8.96. The molecule has 158 valence electrons. The van der Waals surface area contributed by atoms with Crippen LogP contribution in [-0.2, 0) is 0 Å². The summed E-state index contributed by atoms with van der Waals surface area (Å²) in [6, 6.07) is 10.5. The number of nitrogens with zero attached hydrogens (tertiary/aromatic N) is 1. The van der Waals surface area contributed by atoms with E-state index in [9.17, 15) is 0 Å². The maximum absolute atomic E-state index is 8.96. The van der Waals surface area contributed by atoms with Crippen LogP contribution < -0.4 is 0 Å². The van der Waals surface area contributed by atoms with E-state index in [1.165, 1.54) is 95.5 Å². The molecule has 0 unspecified atom stereocenters. The first kappa shape index (κ1) is 22.1. The van der Waals surface area contributed by atoms with Gasteiger partial charge in [-0.1, -0.05) is 56.9 Å². The minimum atomic E-state index is 0.710. The van der Waals surface area contributed by atoms with Gasteiger partial charge in [-0.05, 0) is 106 Å². The molecule has 0 heterocycles. The predicted octanol–water partition coefficient (Wildman–Crippen LogP) is 8.56. The lowest BCUT2D eigenvalue weighted by Gasteiger charge is -2.29. The first-order valence-electron chi connectivity index (χ1n) is 12.4. The van der Waals surface area contributed by atoms with Gasteiger partial charge in [0.05, 0.1) is 11.6 Å². The molecule has 3 rings (SSSR count). The van der Waals surface area contributed by atoms with Crippen LogP contribution in [0.2, 0.25) is 0 Å². The topological polar surface area (TPSA) is 23.8 Å². The summed E-state index contributed by atoms with van der Waals surface area (Å²) >= 11 is 0. The second-order valence-corrected chi connectivity index (χ2v) is 9.73. The van der Waals surface area contributed by atoms with Crippen molar-refractivity contribution < 1.29 is 0 Å². The third-order valence-corrected chi connectivity index (χ3v) is 7.62. The smallest absolute Gasteiger partial charge is 0.0991 e. The molecule has 1 aromatic carbocycles. The van der Waals surface area contributed by atoms with E-state index in [0.717, 1.165) is 23.3 Å². The molecule has 0 spiro atoms. The summed E-state index contributed by atoms with van der Waals surface area (Å²) in [4.78, 5) is 0. The zero-order valence-corrected chi connectivity index (χ0v) is 18.6. The Morgan fingerprint density at radius 2 is 1.52 bits per heavy atom. The molecule has 0 N–H and O–H groups in total. The van der Waals surface area contributed by atoms with Crippen molar-refractivity contribution >= 4 is 0 Å². The second-order valence-electron chi connectivity index (χ2n) is 9.73. The highest BCUT2D eigenvalue weighted by atomic mass is 14.3. The SMILES string of the molecule is CCCCCC1CCC(/C=C/CCC2CCC(c3ccc(C#N)cc3)CC2)CC1. The first-order chi connectivity index (χ1) is 14.3. The molecule has 0 amide bonds. The van der Waals surface area contributed by atoms with Gasteiger partial charge in [0.15, 0.2) is 0 Å². The third kappa shape index (κ3) is 7.33. The van der Waals surface area contributed by atoms with Gasteiger partial charge in [0.25, 0.3) is 0 Å². The molecular formula is C28H41N. The second kappa shape index (κ2) is 12.2. The molecule has 2 saturated carbocycles. The monoisotopic (exact) mass is 391 g/mol. The lowest BCUT2D eigenvalue weighted by Crippen LogP contribution is -2.13. The highest BCUT2D eigenvalue weighted by molar-refractivity contribution is 5.33. The van der Waals surface area contributed by atoms with Crippen LogP contribution in [0.15, 0.2) is 36.4 Å². The van der Waals surface area contributed by atoms with E-state index >= 15 is 0 Å². The van der Waals surface area contributed by atoms with Crippen molar-refractivity contribution in [3.8, 4) is 6.07 Å². The predicted molar refractivity (Wildman–Crippen MR) is 124 cm³/mol. The molecule has 1 nitrogen and oxygen atoms in total. The van der Waals surface area contributed by atoms with Crippen molar-refractivity contribution in [3.63, 3.8) is 0 Å². The molecule has 0 aromatic heterocycles. The van der Waals surface area contributed by atoms with E-state index in [0.29, 0.717) is 5.92 Å². The molecule has 0 atom stereocenters. The maximum Gasteiger partial charge on any atom is 0.0991 e. The van der Waals surface area contributed by atoms with Gasteiger partial charge in [-0.2, -0.15) is 5.26 Å². The largest absolute Gasteiger partial charge is 0.192 e. The van der Waals surface area contributed by atoms with Crippen LogP contribution in [-0.4, -0.2) is 0 Å². The number of unbranched alkanes of at least 4 members (excludes halogenated alkanes) is 2. The Bertz CT molecular complexity index is 634. The Hall–Kier alpha value is -1.55. The van der Waals surface area contributed by atoms with Crippen LogP contribution >= 0.6 is 0 Å². The Balaban J connectivity index is 1.28. The maximum atomic E-state index is 8.96. The number of nitriles is 1. The van der Waals surface area contributed by atoms with Crippen LogP contribution in [0.5, 0.6) is 0 Å². The van der Waals surface area contributed by atoms with Gasteiger partial charge in [0, 0.05) is 0 Å². The van der Waals surface area contributed by atoms with Crippen LogP contribution in [0.4, 0.5) is 0 Å². The van der Waals surface area contributed by atoms with Gasteiger partial charge in [0.1, 0.15) is 0 Å². The van der Waals surface area contributed by atoms with E-state index < -0.39 is 0 Å². The summed E-state index contributed by atoms with van der Waals surface area (Å²) in [5.74, 6) is 3.52. The summed E-state index contributed by atoms with van der Waals surface area (Å²) < 4.78 is 0. The van der Waals surface area contributed by atoms with Gasteiger partial charge >= 0.3 is 0 Å². The summed E-state index contributed by atoms with van der Waals surface area (Å²) in [7, 11) is 0. The molecule has 0 aliphatic heterocycles. The van der Waals surface area contributed by atoms with Gasteiger partial charge in [0.2, 0.25) is 0 Å². The van der Waals surface area contributed by atoms with E-state index in [2.05, 4.69) is 37.3 Å². The molecule has 2 fully saturated rings. The number of rotatable bonds is 9. The van der Waals surface area contributed by atoms with Crippen molar-refractivity contribution in [3.05, 3.63) is 47.5 Å². The van der Waals surface area contributed by atoms with Crippen molar-refractivity contribution in [1.82, 2.24) is 0 Å². The Morgan fingerprint density at radius 3 is 2.17 bits per heavy atom. The molecule has 0 saturated heterocycles. The van der Waals surface area contributed by atoms with Gasteiger partial charge < -0.3 is 0 Å². The van der Waals surface area contributed by atoms with Crippen molar-refractivity contribution in [2.45, 2.75) is 103 Å². The zero-order chi connectivity index (χ0) is 20.3. The Labute approximate surface area is 179 Å². The summed E-state index contributed by atoms with van der Waals surface area (Å²) in [6.07, 6.45) is 24.6. The molecule has 1 heteroatoms. The van der Waals surface area contributed by atoms with E-state index in [1.54, 1.807) is 0 Å². The fourth-order valence-electron chi connectivity index (χ4n) is 5.59. The molecule has 0 radical (unpaired) electrons. The fraction of sp³-hybridized carbons (Fsp3) is 0.679. The number of benzene rings is 1. The molecule has 2 aliphatic carbocycles. The molecular weight excluding hydrogens is 350 g/mol. The van der Waals surface area contributed by atoms with E-state index in [-0.39, 0.29) is 0 Å². The summed E-state index contributed by atoms with van der Waals surface area (Å²) in [6.45, 7) is 2.31.